The first kappa shape index (κ1) is 27.4. The Morgan fingerprint density at radius 3 is 2.49 bits per heavy atom. The van der Waals surface area contributed by atoms with E-state index < -0.39 is 23.5 Å². The summed E-state index contributed by atoms with van der Waals surface area (Å²) in [5, 5.41) is 9.13. The van der Waals surface area contributed by atoms with Crippen LogP contribution in [0.2, 0.25) is 10.0 Å². The van der Waals surface area contributed by atoms with Gasteiger partial charge in [0.05, 0.1) is 24.0 Å². The molecule has 0 aliphatic carbocycles. The predicted molar refractivity (Wildman–Crippen MR) is 139 cm³/mol. The van der Waals surface area contributed by atoms with Crippen LogP contribution in [0.3, 0.4) is 0 Å². The summed E-state index contributed by atoms with van der Waals surface area (Å²) in [6, 6.07) is 13.5. The minimum Gasteiger partial charge on any atom is -0.493 e. The Balaban J connectivity index is 1.60. The summed E-state index contributed by atoms with van der Waals surface area (Å²) in [6.07, 6.45) is 1.21. The lowest BCUT2D eigenvalue weighted by molar-refractivity contribution is -0.136. The van der Waals surface area contributed by atoms with Gasteiger partial charge in [0.1, 0.15) is 5.82 Å². The number of amides is 3. The Labute approximate surface area is 221 Å². The molecule has 0 unspecified atom stereocenters. The lowest BCUT2D eigenvalue weighted by Crippen LogP contribution is -2.32. The van der Waals surface area contributed by atoms with Gasteiger partial charge in [-0.05, 0) is 54.4 Å². The van der Waals surface area contributed by atoms with Crippen molar-refractivity contribution in [2.75, 3.05) is 24.4 Å². The number of hydrazone groups is 1. The first-order valence-electron chi connectivity index (χ1n) is 10.6. The minimum atomic E-state index is -1.11. The zero-order chi connectivity index (χ0) is 26.9. The number of benzene rings is 3. The molecule has 0 saturated heterocycles. The molecule has 3 aromatic carbocycles. The number of hydrogen-bond acceptors (Lipinski definition) is 6. The van der Waals surface area contributed by atoms with Gasteiger partial charge in [-0.3, -0.25) is 14.4 Å². The van der Waals surface area contributed by atoms with Crippen LogP contribution in [0, 0.1) is 12.7 Å². The van der Waals surface area contributed by atoms with Gasteiger partial charge in [0.25, 0.3) is 5.91 Å². The summed E-state index contributed by atoms with van der Waals surface area (Å²) < 4.78 is 24.5. The molecule has 0 heterocycles. The summed E-state index contributed by atoms with van der Waals surface area (Å²) in [6.45, 7) is 1.47. The van der Waals surface area contributed by atoms with E-state index in [-0.39, 0.29) is 28.8 Å². The van der Waals surface area contributed by atoms with Crippen molar-refractivity contribution >= 4 is 58.5 Å². The number of halogens is 3. The Morgan fingerprint density at radius 2 is 1.76 bits per heavy atom. The van der Waals surface area contributed by atoms with E-state index in [2.05, 4.69) is 15.7 Å². The quantitative estimate of drug-likeness (QED) is 0.217. The van der Waals surface area contributed by atoms with Gasteiger partial charge < -0.3 is 20.1 Å². The topological polar surface area (TPSA) is 118 Å². The SMILES string of the molecule is COc1cc(/C=N\NC(=O)C(=O)Nc2ccccc2F)cc(Cl)c1OCC(=O)Nc1cc(Cl)ccc1C. The van der Waals surface area contributed by atoms with Gasteiger partial charge in [-0.2, -0.15) is 5.10 Å². The first-order chi connectivity index (χ1) is 17.7. The number of hydrogen-bond donors (Lipinski definition) is 3. The number of carbonyl (C=O) groups excluding carboxylic acids is 3. The van der Waals surface area contributed by atoms with E-state index in [1.54, 1.807) is 18.2 Å². The van der Waals surface area contributed by atoms with Crippen LogP contribution in [-0.2, 0) is 14.4 Å². The van der Waals surface area contributed by atoms with Crippen molar-refractivity contribution in [1.82, 2.24) is 5.43 Å². The highest BCUT2D eigenvalue weighted by molar-refractivity contribution is 6.39. The second-order valence-electron chi connectivity index (χ2n) is 7.46. The maximum absolute atomic E-state index is 13.6. The number of rotatable bonds is 8. The summed E-state index contributed by atoms with van der Waals surface area (Å²) in [5.74, 6) is -3.03. The lowest BCUT2D eigenvalue weighted by Gasteiger charge is -2.14. The van der Waals surface area contributed by atoms with Crippen molar-refractivity contribution in [3.63, 3.8) is 0 Å². The van der Waals surface area contributed by atoms with Crippen molar-refractivity contribution in [3.8, 4) is 11.5 Å². The Kier molecular flexibility index (Phi) is 9.42. The van der Waals surface area contributed by atoms with E-state index in [0.29, 0.717) is 16.3 Å². The third-order valence-electron chi connectivity index (χ3n) is 4.78. The highest BCUT2D eigenvalue weighted by atomic mass is 35.5. The van der Waals surface area contributed by atoms with Gasteiger partial charge in [0.2, 0.25) is 0 Å². The molecule has 0 bridgehead atoms. The fourth-order valence-electron chi connectivity index (χ4n) is 2.97. The molecule has 0 saturated carbocycles. The van der Waals surface area contributed by atoms with Crippen molar-refractivity contribution in [2.45, 2.75) is 6.92 Å². The average Bonchev–Trinajstić information content (AvgIpc) is 2.86. The Morgan fingerprint density at radius 1 is 1.00 bits per heavy atom. The molecule has 3 N–H and O–H groups in total. The van der Waals surface area contributed by atoms with E-state index in [4.69, 9.17) is 32.7 Å². The number of aryl methyl sites for hydroxylation is 1. The van der Waals surface area contributed by atoms with Gasteiger partial charge in [-0.15, -0.1) is 0 Å². The maximum atomic E-state index is 13.6. The van der Waals surface area contributed by atoms with Crippen LogP contribution >= 0.6 is 23.2 Å². The van der Waals surface area contributed by atoms with E-state index in [9.17, 15) is 18.8 Å². The standard InChI is InChI=1S/C25H21Cl2FN4O5/c1-14-7-8-16(26)11-20(14)30-22(33)13-37-23-17(27)9-15(10-21(23)36-2)12-29-32-25(35)24(34)31-19-6-4-3-5-18(19)28/h3-12H,13H2,1-2H3,(H,30,33)(H,31,34)(H,32,35)/b29-12-. The summed E-state index contributed by atoms with van der Waals surface area (Å²) in [7, 11) is 1.38. The molecule has 37 heavy (non-hydrogen) atoms. The number of para-hydroxylation sites is 1. The average molecular weight is 547 g/mol. The summed E-state index contributed by atoms with van der Waals surface area (Å²) in [5.41, 5.74) is 3.66. The van der Waals surface area contributed by atoms with Crippen molar-refractivity contribution in [3.05, 3.63) is 81.6 Å². The van der Waals surface area contributed by atoms with Crippen LogP contribution in [0.25, 0.3) is 0 Å². The molecule has 3 rings (SSSR count). The Hall–Kier alpha value is -4.15. The Bertz CT molecular complexity index is 1370. The number of methoxy groups -OCH3 is 1. The van der Waals surface area contributed by atoms with Gasteiger partial charge >= 0.3 is 11.8 Å². The number of nitrogens with zero attached hydrogens (tertiary/aromatic N) is 1. The van der Waals surface area contributed by atoms with Gasteiger partial charge in [-0.1, -0.05) is 41.4 Å². The van der Waals surface area contributed by atoms with Crippen LogP contribution in [0.1, 0.15) is 11.1 Å². The van der Waals surface area contributed by atoms with Crippen LogP contribution in [0.4, 0.5) is 15.8 Å². The molecular weight excluding hydrogens is 526 g/mol. The van der Waals surface area contributed by atoms with Crippen molar-refractivity contribution in [2.24, 2.45) is 5.10 Å². The molecule has 3 amide bonds. The van der Waals surface area contributed by atoms with Crippen LogP contribution < -0.4 is 25.5 Å². The summed E-state index contributed by atoms with van der Waals surface area (Å²) >= 11 is 12.3. The lowest BCUT2D eigenvalue weighted by atomic mass is 10.2. The highest BCUT2D eigenvalue weighted by Gasteiger charge is 2.16. The van der Waals surface area contributed by atoms with Crippen LogP contribution in [-0.4, -0.2) is 37.7 Å². The monoisotopic (exact) mass is 546 g/mol. The van der Waals surface area contributed by atoms with Crippen molar-refractivity contribution in [1.29, 1.82) is 0 Å². The van der Waals surface area contributed by atoms with E-state index in [0.717, 1.165) is 11.6 Å². The smallest absolute Gasteiger partial charge is 0.329 e. The molecule has 0 fully saturated rings. The molecule has 0 aromatic heterocycles. The normalized spacial score (nSPS) is 10.6. The molecule has 0 aliphatic rings. The highest BCUT2D eigenvalue weighted by Crippen LogP contribution is 2.36. The molecular formula is C25H21Cl2FN4O5. The van der Waals surface area contributed by atoms with Crippen molar-refractivity contribution < 1.29 is 28.2 Å². The zero-order valence-electron chi connectivity index (χ0n) is 19.6. The molecule has 0 atom stereocenters. The fourth-order valence-corrected chi connectivity index (χ4v) is 3.41. The molecule has 9 nitrogen and oxygen atoms in total. The fraction of sp³-hybridized carbons (Fsp3) is 0.120. The minimum absolute atomic E-state index is 0.108. The molecule has 0 aliphatic heterocycles. The second-order valence-corrected chi connectivity index (χ2v) is 8.31. The number of nitrogens with one attached hydrogen (secondary N) is 3. The van der Waals surface area contributed by atoms with Gasteiger partial charge in [-0.25, -0.2) is 9.82 Å². The first-order valence-corrected chi connectivity index (χ1v) is 11.4. The largest absolute Gasteiger partial charge is 0.493 e. The summed E-state index contributed by atoms with van der Waals surface area (Å²) in [4.78, 5) is 36.2. The van der Waals surface area contributed by atoms with E-state index >= 15 is 0 Å². The molecule has 3 aromatic rings. The molecule has 0 radical (unpaired) electrons. The zero-order valence-corrected chi connectivity index (χ0v) is 21.1. The third-order valence-corrected chi connectivity index (χ3v) is 5.30. The third kappa shape index (κ3) is 7.66. The molecule has 192 valence electrons. The number of ether oxygens (including phenoxy) is 2. The second kappa shape index (κ2) is 12.7. The van der Waals surface area contributed by atoms with Gasteiger partial charge in [0, 0.05) is 10.7 Å². The maximum Gasteiger partial charge on any atom is 0.329 e. The van der Waals surface area contributed by atoms with Crippen LogP contribution in [0.5, 0.6) is 11.5 Å². The van der Waals surface area contributed by atoms with Crippen LogP contribution in [0.15, 0.2) is 59.7 Å². The molecule has 12 heteroatoms. The van der Waals surface area contributed by atoms with Gasteiger partial charge in [0.15, 0.2) is 18.1 Å². The predicted octanol–water partition coefficient (Wildman–Crippen LogP) is 4.56. The number of carbonyl (C=O) groups is 3. The number of anilines is 2. The molecule has 0 spiro atoms. The van der Waals surface area contributed by atoms with E-state index in [1.165, 1.54) is 43.7 Å². The van der Waals surface area contributed by atoms with E-state index in [1.807, 2.05) is 12.3 Å².